The van der Waals surface area contributed by atoms with Crippen molar-refractivity contribution in [2.45, 2.75) is 19.8 Å². The van der Waals surface area contributed by atoms with Crippen LogP contribution in [-0.2, 0) is 16.0 Å². The molecule has 0 saturated carbocycles. The maximum absolute atomic E-state index is 12.1. The van der Waals surface area contributed by atoms with Gasteiger partial charge in [-0.05, 0) is 18.4 Å². The quantitative estimate of drug-likeness (QED) is 0.620. The molecule has 114 valence electrons. The molecule has 1 unspecified atom stereocenters. The fourth-order valence-corrected chi connectivity index (χ4v) is 1.98. The first-order chi connectivity index (χ1) is 10.0. The Labute approximate surface area is 130 Å². The number of benzene rings is 1. The van der Waals surface area contributed by atoms with E-state index >= 15 is 0 Å². The van der Waals surface area contributed by atoms with E-state index < -0.39 is 5.92 Å². The molecule has 0 aliphatic rings. The van der Waals surface area contributed by atoms with Gasteiger partial charge in [-0.25, -0.2) is 0 Å². The summed E-state index contributed by atoms with van der Waals surface area (Å²) in [6.07, 6.45) is 1.28. The van der Waals surface area contributed by atoms with E-state index in [1.54, 1.807) is 0 Å². The molecule has 1 rings (SSSR count). The van der Waals surface area contributed by atoms with E-state index in [0.717, 1.165) is 12.0 Å². The molecular formula is C15H21N3O2S. The fraction of sp³-hybridized carbons (Fsp3) is 0.400. The standard InChI is InChI=1S/C15H21N3O2S/c1-2-8-17-13(19)10-18-15(20)12(14(16)21)9-11-6-4-3-5-7-11/h3-7,12H,2,8-10H2,1H3,(H2,16,21)(H,17,19)(H,18,20). The summed E-state index contributed by atoms with van der Waals surface area (Å²) in [7, 11) is 0. The van der Waals surface area contributed by atoms with E-state index in [9.17, 15) is 9.59 Å². The molecule has 0 aliphatic heterocycles. The first-order valence-corrected chi connectivity index (χ1v) is 7.33. The van der Waals surface area contributed by atoms with E-state index in [-0.39, 0.29) is 23.3 Å². The van der Waals surface area contributed by atoms with Crippen molar-refractivity contribution in [1.29, 1.82) is 0 Å². The first-order valence-electron chi connectivity index (χ1n) is 6.92. The summed E-state index contributed by atoms with van der Waals surface area (Å²) in [4.78, 5) is 23.7. The van der Waals surface area contributed by atoms with Gasteiger partial charge in [-0.1, -0.05) is 49.5 Å². The van der Waals surface area contributed by atoms with Crippen LogP contribution in [0.4, 0.5) is 0 Å². The van der Waals surface area contributed by atoms with Crippen molar-refractivity contribution < 1.29 is 9.59 Å². The van der Waals surface area contributed by atoms with Gasteiger partial charge in [0.2, 0.25) is 11.8 Å². The van der Waals surface area contributed by atoms with E-state index in [4.69, 9.17) is 18.0 Å². The third-order valence-corrected chi connectivity index (χ3v) is 3.22. The fourth-order valence-electron chi connectivity index (χ4n) is 1.79. The van der Waals surface area contributed by atoms with Gasteiger partial charge < -0.3 is 16.4 Å². The Morgan fingerprint density at radius 3 is 2.48 bits per heavy atom. The number of hydrogen-bond donors (Lipinski definition) is 3. The average Bonchev–Trinajstić information content (AvgIpc) is 2.48. The Morgan fingerprint density at radius 1 is 1.24 bits per heavy atom. The second-order valence-corrected chi connectivity index (χ2v) is 5.18. The molecule has 21 heavy (non-hydrogen) atoms. The maximum atomic E-state index is 12.1. The Hall–Kier alpha value is -1.95. The monoisotopic (exact) mass is 307 g/mol. The van der Waals surface area contributed by atoms with E-state index in [0.29, 0.717) is 13.0 Å². The molecular weight excluding hydrogens is 286 g/mol. The lowest BCUT2D eigenvalue weighted by molar-refractivity contribution is -0.127. The summed E-state index contributed by atoms with van der Waals surface area (Å²) >= 11 is 4.96. The van der Waals surface area contributed by atoms with Gasteiger partial charge in [-0.15, -0.1) is 0 Å². The van der Waals surface area contributed by atoms with Gasteiger partial charge in [-0.3, -0.25) is 9.59 Å². The topological polar surface area (TPSA) is 84.2 Å². The molecule has 1 atom stereocenters. The molecule has 0 aliphatic carbocycles. The van der Waals surface area contributed by atoms with Crippen LogP contribution in [0.5, 0.6) is 0 Å². The summed E-state index contributed by atoms with van der Waals surface area (Å²) in [6.45, 7) is 2.49. The lowest BCUT2D eigenvalue weighted by atomic mass is 9.98. The van der Waals surface area contributed by atoms with Gasteiger partial charge in [0.15, 0.2) is 0 Å². The minimum Gasteiger partial charge on any atom is -0.393 e. The van der Waals surface area contributed by atoms with Crippen molar-refractivity contribution in [3.05, 3.63) is 35.9 Å². The number of nitrogens with two attached hydrogens (primary N) is 1. The Morgan fingerprint density at radius 2 is 1.90 bits per heavy atom. The third-order valence-electron chi connectivity index (χ3n) is 2.94. The van der Waals surface area contributed by atoms with Crippen LogP contribution in [0.25, 0.3) is 0 Å². The molecule has 5 nitrogen and oxygen atoms in total. The number of carbonyl (C=O) groups is 2. The summed E-state index contributed by atoms with van der Waals surface area (Å²) in [5.74, 6) is -1.15. The van der Waals surface area contributed by atoms with Crippen LogP contribution in [0.1, 0.15) is 18.9 Å². The molecule has 6 heteroatoms. The minimum atomic E-state index is -0.610. The van der Waals surface area contributed by atoms with Gasteiger partial charge in [0.25, 0.3) is 0 Å². The van der Waals surface area contributed by atoms with E-state index in [2.05, 4.69) is 10.6 Å². The molecule has 0 bridgehead atoms. The zero-order chi connectivity index (χ0) is 15.7. The molecule has 4 N–H and O–H groups in total. The molecule has 2 amide bonds. The minimum absolute atomic E-state index is 0.0628. The maximum Gasteiger partial charge on any atom is 0.239 e. The van der Waals surface area contributed by atoms with Crippen molar-refractivity contribution in [1.82, 2.24) is 10.6 Å². The predicted molar refractivity (Wildman–Crippen MR) is 86.7 cm³/mol. The molecule has 1 aromatic carbocycles. The molecule has 0 heterocycles. The number of amides is 2. The van der Waals surface area contributed by atoms with Crippen LogP contribution >= 0.6 is 12.2 Å². The lowest BCUT2D eigenvalue weighted by Gasteiger charge is -2.15. The smallest absolute Gasteiger partial charge is 0.239 e. The highest BCUT2D eigenvalue weighted by molar-refractivity contribution is 7.80. The van der Waals surface area contributed by atoms with Crippen molar-refractivity contribution in [2.24, 2.45) is 11.7 Å². The van der Waals surface area contributed by atoms with Gasteiger partial charge in [0.05, 0.1) is 17.5 Å². The SMILES string of the molecule is CCCNC(=O)CNC(=O)C(Cc1ccccc1)C(N)=S. The van der Waals surface area contributed by atoms with Crippen LogP contribution in [0.3, 0.4) is 0 Å². The highest BCUT2D eigenvalue weighted by Crippen LogP contribution is 2.09. The summed E-state index contributed by atoms with van der Waals surface area (Å²) < 4.78 is 0. The van der Waals surface area contributed by atoms with Crippen LogP contribution < -0.4 is 16.4 Å². The Kier molecular flexibility index (Phi) is 7.39. The molecule has 0 fully saturated rings. The second-order valence-electron chi connectivity index (χ2n) is 4.71. The van der Waals surface area contributed by atoms with Crippen LogP contribution in [-0.4, -0.2) is 29.9 Å². The van der Waals surface area contributed by atoms with Crippen molar-refractivity contribution >= 4 is 29.0 Å². The zero-order valence-corrected chi connectivity index (χ0v) is 12.9. The van der Waals surface area contributed by atoms with Crippen LogP contribution in [0, 0.1) is 5.92 Å². The molecule has 0 saturated heterocycles. The second kappa shape index (κ2) is 9.07. The van der Waals surface area contributed by atoms with Gasteiger partial charge in [0.1, 0.15) is 0 Å². The first kappa shape index (κ1) is 17.1. The normalized spacial score (nSPS) is 11.5. The Bertz CT molecular complexity index is 491. The van der Waals surface area contributed by atoms with Crippen LogP contribution in [0.2, 0.25) is 0 Å². The zero-order valence-electron chi connectivity index (χ0n) is 12.1. The number of thiocarbonyl (C=S) groups is 1. The largest absolute Gasteiger partial charge is 0.393 e. The van der Waals surface area contributed by atoms with Crippen molar-refractivity contribution in [3.63, 3.8) is 0 Å². The van der Waals surface area contributed by atoms with Gasteiger partial charge >= 0.3 is 0 Å². The van der Waals surface area contributed by atoms with E-state index in [1.165, 1.54) is 0 Å². The molecule has 0 spiro atoms. The summed E-state index contributed by atoms with van der Waals surface area (Å²) in [5, 5.41) is 5.26. The Balaban J connectivity index is 2.54. The van der Waals surface area contributed by atoms with Gasteiger partial charge in [-0.2, -0.15) is 0 Å². The lowest BCUT2D eigenvalue weighted by Crippen LogP contribution is -2.43. The molecule has 0 aromatic heterocycles. The number of rotatable bonds is 8. The number of nitrogens with one attached hydrogen (secondary N) is 2. The van der Waals surface area contributed by atoms with E-state index in [1.807, 2.05) is 37.3 Å². The summed E-state index contributed by atoms with van der Waals surface area (Å²) in [5.41, 5.74) is 6.62. The van der Waals surface area contributed by atoms with Crippen LogP contribution in [0.15, 0.2) is 30.3 Å². The van der Waals surface area contributed by atoms with Crippen molar-refractivity contribution in [2.75, 3.05) is 13.1 Å². The number of carbonyl (C=O) groups excluding carboxylic acids is 2. The molecule has 0 radical (unpaired) electrons. The molecule has 1 aromatic rings. The third kappa shape index (κ3) is 6.35. The summed E-state index contributed by atoms with van der Waals surface area (Å²) in [6, 6.07) is 9.50. The highest BCUT2D eigenvalue weighted by atomic mass is 32.1. The number of hydrogen-bond acceptors (Lipinski definition) is 3. The van der Waals surface area contributed by atoms with Gasteiger partial charge in [0, 0.05) is 6.54 Å². The average molecular weight is 307 g/mol. The van der Waals surface area contributed by atoms with Crippen molar-refractivity contribution in [3.8, 4) is 0 Å². The predicted octanol–water partition coefficient (Wildman–Crippen LogP) is 0.774. The highest BCUT2D eigenvalue weighted by Gasteiger charge is 2.22.